The summed E-state index contributed by atoms with van der Waals surface area (Å²) in [5, 5.41) is 0.905. The molecule has 2 aliphatic carbocycles. The molecule has 114 valence electrons. The molecule has 2 aliphatic rings. The molecule has 0 saturated heterocycles. The fourth-order valence-corrected chi connectivity index (χ4v) is 4.70. The Balaban J connectivity index is 1.80. The van der Waals surface area contributed by atoms with Crippen molar-refractivity contribution in [2.24, 2.45) is 16.7 Å². The van der Waals surface area contributed by atoms with Gasteiger partial charge in [0.1, 0.15) is 6.10 Å². The SMILES string of the molecule is CC1(C)C2CCC1(C)C(OC(=O)c1cc(Cl)cc(Cl)c1)C2. The summed E-state index contributed by atoms with van der Waals surface area (Å²) in [6.07, 6.45) is 3.31. The fraction of sp³-hybridized carbons (Fsp3) is 0.588. The largest absolute Gasteiger partial charge is 0.458 e. The summed E-state index contributed by atoms with van der Waals surface area (Å²) in [6, 6.07) is 4.83. The first-order valence-electron chi connectivity index (χ1n) is 7.41. The van der Waals surface area contributed by atoms with Crippen LogP contribution in [0.4, 0.5) is 0 Å². The van der Waals surface area contributed by atoms with Crippen molar-refractivity contribution in [3.05, 3.63) is 33.8 Å². The molecule has 0 aliphatic heterocycles. The molecule has 0 aromatic heterocycles. The van der Waals surface area contributed by atoms with Crippen molar-refractivity contribution >= 4 is 29.2 Å². The summed E-state index contributed by atoms with van der Waals surface area (Å²) in [4.78, 5) is 12.4. The number of hydrogen-bond acceptors (Lipinski definition) is 2. The van der Waals surface area contributed by atoms with E-state index >= 15 is 0 Å². The van der Waals surface area contributed by atoms with E-state index in [2.05, 4.69) is 20.8 Å². The average Bonchev–Trinajstić information content (AvgIpc) is 2.70. The average molecular weight is 327 g/mol. The van der Waals surface area contributed by atoms with Gasteiger partial charge in [-0.15, -0.1) is 0 Å². The van der Waals surface area contributed by atoms with Gasteiger partial charge < -0.3 is 4.74 Å². The molecule has 2 saturated carbocycles. The van der Waals surface area contributed by atoms with Gasteiger partial charge >= 0.3 is 5.97 Å². The van der Waals surface area contributed by atoms with Gasteiger partial charge in [0.05, 0.1) is 5.56 Å². The summed E-state index contributed by atoms with van der Waals surface area (Å²) >= 11 is 11.9. The number of ether oxygens (including phenoxy) is 1. The number of carbonyl (C=O) groups excluding carboxylic acids is 1. The topological polar surface area (TPSA) is 26.3 Å². The minimum absolute atomic E-state index is 0.0171. The Kier molecular flexibility index (Phi) is 3.53. The number of carbonyl (C=O) groups is 1. The van der Waals surface area contributed by atoms with Gasteiger partial charge in [0.15, 0.2) is 0 Å². The molecule has 2 fully saturated rings. The summed E-state index contributed by atoms with van der Waals surface area (Å²) in [7, 11) is 0. The summed E-state index contributed by atoms with van der Waals surface area (Å²) < 4.78 is 5.82. The molecule has 0 radical (unpaired) electrons. The third-order valence-electron chi connectivity index (χ3n) is 6.06. The Hall–Kier alpha value is -0.730. The van der Waals surface area contributed by atoms with E-state index < -0.39 is 0 Å². The second kappa shape index (κ2) is 4.89. The second-order valence-electron chi connectivity index (χ2n) is 7.16. The van der Waals surface area contributed by atoms with Crippen LogP contribution in [0.1, 0.15) is 50.4 Å². The zero-order valence-electron chi connectivity index (χ0n) is 12.6. The van der Waals surface area contributed by atoms with Gasteiger partial charge in [0.2, 0.25) is 0 Å². The first kappa shape index (κ1) is 15.2. The van der Waals surface area contributed by atoms with E-state index in [1.807, 2.05) is 0 Å². The van der Waals surface area contributed by atoms with Crippen LogP contribution in [0.15, 0.2) is 18.2 Å². The first-order valence-corrected chi connectivity index (χ1v) is 8.17. The molecular formula is C17H20Cl2O2. The predicted octanol–water partition coefficient (Wildman–Crippen LogP) is 5.37. The standard InChI is InChI=1S/C17H20Cl2O2/c1-16(2)11-4-5-17(16,3)14(8-11)21-15(20)10-6-12(18)9-13(19)7-10/h6-7,9,11,14H,4-5,8H2,1-3H3. The molecule has 21 heavy (non-hydrogen) atoms. The quantitative estimate of drug-likeness (QED) is 0.683. The maximum absolute atomic E-state index is 12.4. The highest BCUT2D eigenvalue weighted by molar-refractivity contribution is 6.35. The highest BCUT2D eigenvalue weighted by atomic mass is 35.5. The first-order chi connectivity index (χ1) is 9.74. The minimum atomic E-state index is -0.325. The Labute approximate surface area is 135 Å². The molecule has 2 nitrogen and oxygen atoms in total. The summed E-state index contributed by atoms with van der Waals surface area (Å²) in [6.45, 7) is 6.85. The van der Waals surface area contributed by atoms with Gasteiger partial charge in [-0.3, -0.25) is 0 Å². The zero-order valence-corrected chi connectivity index (χ0v) is 14.1. The van der Waals surface area contributed by atoms with Crippen molar-refractivity contribution < 1.29 is 9.53 Å². The number of rotatable bonds is 2. The summed E-state index contributed by atoms with van der Waals surface area (Å²) in [5.41, 5.74) is 0.719. The van der Waals surface area contributed by atoms with E-state index in [9.17, 15) is 4.79 Å². The van der Waals surface area contributed by atoms with Crippen LogP contribution in [0, 0.1) is 16.7 Å². The molecule has 0 amide bonds. The van der Waals surface area contributed by atoms with Crippen LogP contribution in [0.5, 0.6) is 0 Å². The Morgan fingerprint density at radius 1 is 1.19 bits per heavy atom. The van der Waals surface area contributed by atoms with Crippen LogP contribution in [0.25, 0.3) is 0 Å². The molecule has 3 unspecified atom stereocenters. The molecule has 4 heteroatoms. The van der Waals surface area contributed by atoms with Crippen LogP contribution in [0.2, 0.25) is 10.0 Å². The van der Waals surface area contributed by atoms with Crippen LogP contribution < -0.4 is 0 Å². The van der Waals surface area contributed by atoms with Gasteiger partial charge in [-0.25, -0.2) is 4.79 Å². The molecule has 0 spiro atoms. The molecule has 0 heterocycles. The van der Waals surface area contributed by atoms with E-state index in [-0.39, 0.29) is 22.9 Å². The molecular weight excluding hydrogens is 307 g/mol. The lowest BCUT2D eigenvalue weighted by Gasteiger charge is -2.38. The highest BCUT2D eigenvalue weighted by Gasteiger charge is 2.62. The van der Waals surface area contributed by atoms with Gasteiger partial charge in [-0.05, 0) is 48.8 Å². The van der Waals surface area contributed by atoms with Crippen molar-refractivity contribution in [2.45, 2.75) is 46.1 Å². The minimum Gasteiger partial charge on any atom is -0.458 e. The van der Waals surface area contributed by atoms with E-state index in [1.165, 1.54) is 6.42 Å². The molecule has 0 N–H and O–H groups in total. The zero-order chi connectivity index (χ0) is 15.4. The van der Waals surface area contributed by atoms with E-state index in [0.717, 1.165) is 12.8 Å². The van der Waals surface area contributed by atoms with Gasteiger partial charge in [0, 0.05) is 15.5 Å². The monoisotopic (exact) mass is 326 g/mol. The molecule has 1 aromatic carbocycles. The van der Waals surface area contributed by atoms with Crippen LogP contribution in [-0.2, 0) is 4.74 Å². The van der Waals surface area contributed by atoms with Gasteiger partial charge in [0.25, 0.3) is 0 Å². The van der Waals surface area contributed by atoms with Crippen LogP contribution in [0.3, 0.4) is 0 Å². The molecule has 1 aromatic rings. The lowest BCUT2D eigenvalue weighted by molar-refractivity contribution is -0.0242. The van der Waals surface area contributed by atoms with Crippen molar-refractivity contribution in [1.82, 2.24) is 0 Å². The van der Waals surface area contributed by atoms with E-state index in [4.69, 9.17) is 27.9 Å². The van der Waals surface area contributed by atoms with Crippen molar-refractivity contribution in [2.75, 3.05) is 0 Å². The van der Waals surface area contributed by atoms with Crippen molar-refractivity contribution in [1.29, 1.82) is 0 Å². The van der Waals surface area contributed by atoms with Crippen LogP contribution >= 0.6 is 23.2 Å². The maximum atomic E-state index is 12.4. The Bertz CT molecular complexity index is 576. The van der Waals surface area contributed by atoms with Gasteiger partial charge in [-0.2, -0.15) is 0 Å². The van der Waals surface area contributed by atoms with Crippen LogP contribution in [-0.4, -0.2) is 12.1 Å². The molecule has 2 bridgehead atoms. The lowest BCUT2D eigenvalue weighted by Crippen LogP contribution is -2.38. The molecule has 3 atom stereocenters. The maximum Gasteiger partial charge on any atom is 0.338 e. The highest BCUT2D eigenvalue weighted by Crippen LogP contribution is 2.66. The van der Waals surface area contributed by atoms with Gasteiger partial charge in [-0.1, -0.05) is 44.0 Å². The predicted molar refractivity (Wildman–Crippen MR) is 84.9 cm³/mol. The fourth-order valence-electron chi connectivity index (χ4n) is 4.18. The number of fused-ring (bicyclic) bond motifs is 2. The lowest BCUT2D eigenvalue weighted by atomic mass is 9.70. The van der Waals surface area contributed by atoms with Crippen molar-refractivity contribution in [3.8, 4) is 0 Å². The normalized spacial score (nSPS) is 33.2. The number of hydrogen-bond donors (Lipinski definition) is 0. The Morgan fingerprint density at radius 2 is 1.81 bits per heavy atom. The second-order valence-corrected chi connectivity index (χ2v) is 8.04. The van der Waals surface area contributed by atoms with E-state index in [0.29, 0.717) is 21.5 Å². The van der Waals surface area contributed by atoms with Crippen molar-refractivity contribution in [3.63, 3.8) is 0 Å². The summed E-state index contributed by atoms with van der Waals surface area (Å²) in [5.74, 6) is 0.317. The smallest absolute Gasteiger partial charge is 0.338 e. The number of benzene rings is 1. The van der Waals surface area contributed by atoms with E-state index in [1.54, 1.807) is 18.2 Å². The number of halogens is 2. The molecule has 3 rings (SSSR count). The number of esters is 1. The third-order valence-corrected chi connectivity index (χ3v) is 6.50. The Morgan fingerprint density at radius 3 is 2.29 bits per heavy atom. The third kappa shape index (κ3) is 2.27.